The SMILES string of the molecule is CCC(CN)NC(=O)c1cc(C)nc2ccccc12. The topological polar surface area (TPSA) is 68.0 Å². The van der Waals surface area contributed by atoms with Crippen molar-refractivity contribution in [2.45, 2.75) is 26.3 Å². The van der Waals surface area contributed by atoms with Gasteiger partial charge < -0.3 is 11.1 Å². The summed E-state index contributed by atoms with van der Waals surface area (Å²) in [6.07, 6.45) is 0.824. The number of hydrogen-bond donors (Lipinski definition) is 2. The van der Waals surface area contributed by atoms with Crippen LogP contribution in [0, 0.1) is 6.92 Å². The van der Waals surface area contributed by atoms with Crippen molar-refractivity contribution in [3.63, 3.8) is 0 Å². The minimum absolute atomic E-state index is 0.0136. The van der Waals surface area contributed by atoms with Gasteiger partial charge in [-0.25, -0.2) is 0 Å². The zero-order valence-corrected chi connectivity index (χ0v) is 11.3. The molecule has 0 aliphatic heterocycles. The largest absolute Gasteiger partial charge is 0.348 e. The molecule has 1 atom stereocenters. The monoisotopic (exact) mass is 257 g/mol. The number of aryl methyl sites for hydroxylation is 1. The standard InChI is InChI=1S/C15H19N3O/c1-3-11(9-16)18-15(19)13-8-10(2)17-14-7-5-4-6-12(13)14/h4-8,11H,3,9,16H2,1-2H3,(H,18,19). The molecule has 1 aromatic heterocycles. The van der Waals surface area contributed by atoms with E-state index in [0.717, 1.165) is 23.0 Å². The second kappa shape index (κ2) is 5.80. The van der Waals surface area contributed by atoms with E-state index in [4.69, 9.17) is 5.73 Å². The van der Waals surface area contributed by atoms with Crippen molar-refractivity contribution in [2.75, 3.05) is 6.54 Å². The lowest BCUT2D eigenvalue weighted by atomic mass is 10.1. The average molecular weight is 257 g/mol. The van der Waals surface area contributed by atoms with Gasteiger partial charge in [-0.05, 0) is 25.5 Å². The van der Waals surface area contributed by atoms with Crippen molar-refractivity contribution in [1.29, 1.82) is 0 Å². The van der Waals surface area contributed by atoms with Gasteiger partial charge in [0.05, 0.1) is 11.1 Å². The molecule has 2 rings (SSSR count). The molecule has 1 aromatic carbocycles. The third-order valence-corrected chi connectivity index (χ3v) is 3.20. The number of benzene rings is 1. The lowest BCUT2D eigenvalue weighted by Gasteiger charge is -2.15. The van der Waals surface area contributed by atoms with Crippen LogP contribution in [0.4, 0.5) is 0 Å². The first-order valence-corrected chi connectivity index (χ1v) is 6.53. The highest BCUT2D eigenvalue weighted by Crippen LogP contribution is 2.18. The highest BCUT2D eigenvalue weighted by molar-refractivity contribution is 6.06. The summed E-state index contributed by atoms with van der Waals surface area (Å²) in [6.45, 7) is 4.35. The number of aromatic nitrogens is 1. The van der Waals surface area contributed by atoms with Gasteiger partial charge in [0.2, 0.25) is 0 Å². The van der Waals surface area contributed by atoms with Crippen LogP contribution in [0.3, 0.4) is 0 Å². The van der Waals surface area contributed by atoms with E-state index >= 15 is 0 Å². The molecule has 4 nitrogen and oxygen atoms in total. The van der Waals surface area contributed by atoms with Crippen LogP contribution in [0.25, 0.3) is 10.9 Å². The van der Waals surface area contributed by atoms with Crippen LogP contribution < -0.4 is 11.1 Å². The van der Waals surface area contributed by atoms with E-state index in [0.29, 0.717) is 12.1 Å². The Morgan fingerprint density at radius 1 is 1.42 bits per heavy atom. The molecule has 0 fully saturated rings. The number of nitrogens with zero attached hydrogens (tertiary/aromatic N) is 1. The summed E-state index contributed by atoms with van der Waals surface area (Å²) in [5.41, 5.74) is 7.97. The number of carbonyl (C=O) groups is 1. The smallest absolute Gasteiger partial charge is 0.252 e. The molecule has 0 bridgehead atoms. The van der Waals surface area contributed by atoms with Crippen LogP contribution in [-0.4, -0.2) is 23.5 Å². The molecule has 0 saturated carbocycles. The van der Waals surface area contributed by atoms with E-state index < -0.39 is 0 Å². The van der Waals surface area contributed by atoms with Crippen molar-refractivity contribution < 1.29 is 4.79 Å². The van der Waals surface area contributed by atoms with E-state index in [-0.39, 0.29) is 11.9 Å². The normalized spacial score (nSPS) is 12.4. The van der Waals surface area contributed by atoms with Crippen molar-refractivity contribution in [1.82, 2.24) is 10.3 Å². The number of rotatable bonds is 4. The maximum atomic E-state index is 12.3. The number of para-hydroxylation sites is 1. The Labute approximate surface area is 113 Å². The van der Waals surface area contributed by atoms with Crippen molar-refractivity contribution in [2.24, 2.45) is 5.73 Å². The van der Waals surface area contributed by atoms with E-state index in [9.17, 15) is 4.79 Å². The fourth-order valence-corrected chi connectivity index (χ4v) is 2.09. The molecular formula is C15H19N3O. The Morgan fingerprint density at radius 3 is 2.84 bits per heavy atom. The number of pyridine rings is 1. The fraction of sp³-hybridized carbons (Fsp3) is 0.333. The van der Waals surface area contributed by atoms with Crippen LogP contribution in [-0.2, 0) is 0 Å². The second-order valence-electron chi connectivity index (χ2n) is 4.64. The van der Waals surface area contributed by atoms with Crippen molar-refractivity contribution in [3.8, 4) is 0 Å². The summed E-state index contributed by atoms with van der Waals surface area (Å²) in [4.78, 5) is 16.8. The van der Waals surface area contributed by atoms with Gasteiger partial charge in [0.15, 0.2) is 0 Å². The van der Waals surface area contributed by atoms with Gasteiger partial charge in [-0.3, -0.25) is 9.78 Å². The number of fused-ring (bicyclic) bond motifs is 1. The van der Waals surface area contributed by atoms with Crippen molar-refractivity contribution in [3.05, 3.63) is 41.6 Å². The van der Waals surface area contributed by atoms with E-state index in [1.807, 2.05) is 44.2 Å². The van der Waals surface area contributed by atoms with Crippen LogP contribution >= 0.6 is 0 Å². The molecule has 100 valence electrons. The molecular weight excluding hydrogens is 238 g/mol. The van der Waals surface area contributed by atoms with Crippen LogP contribution in [0.15, 0.2) is 30.3 Å². The summed E-state index contributed by atoms with van der Waals surface area (Å²) < 4.78 is 0. The Kier molecular flexibility index (Phi) is 4.12. The molecule has 1 amide bonds. The van der Waals surface area contributed by atoms with Gasteiger partial charge in [-0.1, -0.05) is 25.1 Å². The minimum Gasteiger partial charge on any atom is -0.348 e. The first-order valence-electron chi connectivity index (χ1n) is 6.53. The number of nitrogens with two attached hydrogens (primary N) is 1. The predicted octanol–water partition coefficient (Wildman–Crippen LogP) is 2.01. The van der Waals surface area contributed by atoms with Gasteiger partial charge in [-0.2, -0.15) is 0 Å². The highest BCUT2D eigenvalue weighted by Gasteiger charge is 2.14. The van der Waals surface area contributed by atoms with Gasteiger partial charge in [0.25, 0.3) is 5.91 Å². The van der Waals surface area contributed by atoms with Gasteiger partial charge in [0.1, 0.15) is 0 Å². The molecule has 2 aromatic rings. The Morgan fingerprint density at radius 2 is 2.16 bits per heavy atom. The summed E-state index contributed by atoms with van der Waals surface area (Å²) in [6, 6.07) is 9.50. The molecule has 1 unspecified atom stereocenters. The minimum atomic E-state index is -0.0843. The third-order valence-electron chi connectivity index (χ3n) is 3.20. The molecule has 3 N–H and O–H groups in total. The van der Waals surface area contributed by atoms with E-state index in [2.05, 4.69) is 10.3 Å². The first-order chi connectivity index (χ1) is 9.15. The molecule has 0 aliphatic carbocycles. The molecule has 0 saturated heterocycles. The maximum Gasteiger partial charge on any atom is 0.252 e. The maximum absolute atomic E-state index is 12.3. The molecule has 0 aliphatic rings. The Hall–Kier alpha value is -1.94. The molecule has 0 radical (unpaired) electrons. The lowest BCUT2D eigenvalue weighted by Crippen LogP contribution is -2.39. The van der Waals surface area contributed by atoms with E-state index in [1.165, 1.54) is 0 Å². The molecule has 1 heterocycles. The summed E-state index contributed by atoms with van der Waals surface area (Å²) in [7, 11) is 0. The zero-order valence-electron chi connectivity index (χ0n) is 11.3. The summed E-state index contributed by atoms with van der Waals surface area (Å²) >= 11 is 0. The predicted molar refractivity (Wildman–Crippen MR) is 77.1 cm³/mol. The van der Waals surface area contributed by atoms with Crippen LogP contribution in [0.5, 0.6) is 0 Å². The second-order valence-corrected chi connectivity index (χ2v) is 4.64. The molecule has 4 heteroatoms. The fourth-order valence-electron chi connectivity index (χ4n) is 2.09. The van der Waals surface area contributed by atoms with Crippen LogP contribution in [0.2, 0.25) is 0 Å². The van der Waals surface area contributed by atoms with Gasteiger partial charge in [-0.15, -0.1) is 0 Å². The van der Waals surface area contributed by atoms with Gasteiger partial charge >= 0.3 is 0 Å². The number of carbonyl (C=O) groups excluding carboxylic acids is 1. The number of nitrogens with one attached hydrogen (secondary N) is 1. The average Bonchev–Trinajstić information content (AvgIpc) is 2.43. The Balaban J connectivity index is 2.41. The lowest BCUT2D eigenvalue weighted by molar-refractivity contribution is 0.0938. The van der Waals surface area contributed by atoms with Crippen LogP contribution in [0.1, 0.15) is 29.4 Å². The highest BCUT2D eigenvalue weighted by atomic mass is 16.1. The summed E-state index contributed by atoms with van der Waals surface area (Å²) in [5, 5.41) is 3.83. The zero-order chi connectivity index (χ0) is 13.8. The number of hydrogen-bond acceptors (Lipinski definition) is 3. The van der Waals surface area contributed by atoms with E-state index in [1.54, 1.807) is 0 Å². The first kappa shape index (κ1) is 13.5. The van der Waals surface area contributed by atoms with Crippen molar-refractivity contribution >= 4 is 16.8 Å². The number of amides is 1. The molecule has 19 heavy (non-hydrogen) atoms. The summed E-state index contributed by atoms with van der Waals surface area (Å²) in [5.74, 6) is -0.0843. The quantitative estimate of drug-likeness (QED) is 0.880. The van der Waals surface area contributed by atoms with Gasteiger partial charge in [0, 0.05) is 23.7 Å². The molecule has 0 spiro atoms. The third kappa shape index (κ3) is 2.90. The Bertz CT molecular complexity index is 591.